The lowest BCUT2D eigenvalue weighted by Crippen LogP contribution is -1.74. The lowest BCUT2D eigenvalue weighted by Gasteiger charge is -1.78. The number of aldehydes is 1. The Hall–Kier alpha value is -1.45. The first kappa shape index (κ1) is 6.67. The van der Waals surface area contributed by atoms with E-state index >= 15 is 0 Å². The highest BCUT2D eigenvalue weighted by Crippen LogP contribution is 2.19. The van der Waals surface area contributed by atoms with Gasteiger partial charge in [0.25, 0.3) is 5.88 Å². The van der Waals surface area contributed by atoms with Gasteiger partial charge in [0.15, 0.2) is 6.29 Å². The molecule has 0 aliphatic rings. The number of nitrogens with zero attached hydrogens (tertiary/aromatic N) is 1. The van der Waals surface area contributed by atoms with Crippen LogP contribution in [0.1, 0.15) is 16.1 Å². The molecule has 0 aliphatic heterocycles. The van der Waals surface area contributed by atoms with Gasteiger partial charge in [0.1, 0.15) is 5.76 Å². The molecule has 10 heavy (non-hydrogen) atoms. The van der Waals surface area contributed by atoms with Crippen molar-refractivity contribution >= 4 is 12.2 Å². The lowest BCUT2D eigenvalue weighted by atomic mass is 10.3. The maximum absolute atomic E-state index is 10.2. The first-order valence-corrected chi connectivity index (χ1v) is 2.67. The van der Waals surface area contributed by atoms with Crippen molar-refractivity contribution in [1.82, 2.24) is 0 Å². The Morgan fingerprint density at radius 3 is 2.70 bits per heavy atom. The van der Waals surface area contributed by atoms with Crippen LogP contribution in [0.5, 0.6) is 0 Å². The van der Waals surface area contributed by atoms with Crippen LogP contribution in [0.4, 0.5) is 5.88 Å². The Labute approximate surface area is 56.8 Å². The molecule has 0 radical (unpaired) electrons. The summed E-state index contributed by atoms with van der Waals surface area (Å²) >= 11 is 0. The highest BCUT2D eigenvalue weighted by atomic mass is 16.4. The number of aryl methyl sites for hydroxylation is 1. The number of nitroso groups, excluding NO2 is 1. The monoisotopic (exact) mass is 139 g/mol. The highest BCUT2D eigenvalue weighted by molar-refractivity contribution is 5.77. The zero-order valence-electron chi connectivity index (χ0n) is 5.33. The molecule has 0 N–H and O–H groups in total. The van der Waals surface area contributed by atoms with Crippen molar-refractivity contribution in [2.45, 2.75) is 6.92 Å². The molecule has 0 saturated heterocycles. The van der Waals surface area contributed by atoms with Gasteiger partial charge in [0.2, 0.25) is 0 Å². The second-order valence-electron chi connectivity index (χ2n) is 1.81. The summed E-state index contributed by atoms with van der Waals surface area (Å²) in [5, 5.41) is 2.52. The van der Waals surface area contributed by atoms with E-state index in [9.17, 15) is 9.70 Å². The lowest BCUT2D eigenvalue weighted by molar-refractivity contribution is 0.112. The van der Waals surface area contributed by atoms with Gasteiger partial charge in [0.05, 0.1) is 5.56 Å². The van der Waals surface area contributed by atoms with Gasteiger partial charge in [-0.05, 0) is 6.92 Å². The summed E-state index contributed by atoms with van der Waals surface area (Å²) in [4.78, 5) is 20.0. The Morgan fingerprint density at radius 1 is 1.70 bits per heavy atom. The fourth-order valence-corrected chi connectivity index (χ4v) is 0.642. The Bertz CT molecular complexity index is 264. The zero-order chi connectivity index (χ0) is 7.56. The Morgan fingerprint density at radius 2 is 2.40 bits per heavy atom. The minimum Gasteiger partial charge on any atom is -0.440 e. The molecule has 4 heteroatoms. The molecule has 1 aromatic heterocycles. The summed E-state index contributed by atoms with van der Waals surface area (Å²) in [6.07, 6.45) is 0.619. The van der Waals surface area contributed by atoms with Crippen molar-refractivity contribution in [1.29, 1.82) is 0 Å². The summed E-state index contributed by atoms with van der Waals surface area (Å²) in [6, 6.07) is 1.30. The van der Waals surface area contributed by atoms with Crippen LogP contribution >= 0.6 is 0 Å². The Balaban J connectivity index is 3.15. The molecule has 0 bridgehead atoms. The predicted octanol–water partition coefficient (Wildman–Crippen LogP) is 1.80. The standard InChI is InChI=1S/C6H5NO3/c1-4-5(3-8)2-6(7-9)10-4/h2-3H,1H3. The van der Waals surface area contributed by atoms with Gasteiger partial charge < -0.3 is 4.42 Å². The third kappa shape index (κ3) is 0.953. The van der Waals surface area contributed by atoms with Crippen molar-refractivity contribution in [2.24, 2.45) is 5.18 Å². The van der Waals surface area contributed by atoms with Crippen LogP contribution in [-0.2, 0) is 0 Å². The summed E-state index contributed by atoms with van der Waals surface area (Å²) in [6.45, 7) is 1.60. The molecule has 52 valence electrons. The molecule has 1 rings (SSSR count). The van der Waals surface area contributed by atoms with Crippen LogP contribution < -0.4 is 0 Å². The molecular weight excluding hydrogens is 134 g/mol. The summed E-state index contributed by atoms with van der Waals surface area (Å²) < 4.78 is 4.74. The van der Waals surface area contributed by atoms with Crippen LogP contribution in [0.25, 0.3) is 0 Å². The number of hydrogen-bond donors (Lipinski definition) is 0. The molecule has 0 aliphatic carbocycles. The molecule has 0 spiro atoms. The first-order valence-electron chi connectivity index (χ1n) is 2.67. The molecule has 4 nitrogen and oxygen atoms in total. The number of furan rings is 1. The topological polar surface area (TPSA) is 59.6 Å². The van der Waals surface area contributed by atoms with Gasteiger partial charge in [-0.25, -0.2) is 0 Å². The quantitative estimate of drug-likeness (QED) is 0.463. The number of rotatable bonds is 2. The third-order valence-corrected chi connectivity index (χ3v) is 1.16. The smallest absolute Gasteiger partial charge is 0.261 e. The summed E-state index contributed by atoms with van der Waals surface area (Å²) in [5.41, 5.74) is 0.370. The molecule has 0 atom stereocenters. The van der Waals surface area contributed by atoms with Gasteiger partial charge in [0, 0.05) is 11.2 Å². The fraction of sp³-hybridized carbons (Fsp3) is 0.167. The van der Waals surface area contributed by atoms with Crippen molar-refractivity contribution < 1.29 is 9.21 Å². The fourth-order valence-electron chi connectivity index (χ4n) is 0.642. The summed E-state index contributed by atoms with van der Waals surface area (Å²) in [7, 11) is 0. The van der Waals surface area contributed by atoms with Crippen molar-refractivity contribution in [3.05, 3.63) is 22.3 Å². The van der Waals surface area contributed by atoms with Crippen molar-refractivity contribution in [3.63, 3.8) is 0 Å². The molecule has 1 heterocycles. The highest BCUT2D eigenvalue weighted by Gasteiger charge is 2.04. The van der Waals surface area contributed by atoms with E-state index in [4.69, 9.17) is 4.42 Å². The minimum atomic E-state index is -0.0559. The van der Waals surface area contributed by atoms with E-state index in [0.29, 0.717) is 17.6 Å². The third-order valence-electron chi connectivity index (χ3n) is 1.16. The maximum atomic E-state index is 10.2. The van der Waals surface area contributed by atoms with E-state index in [1.807, 2.05) is 0 Å². The Kier molecular flexibility index (Phi) is 1.62. The van der Waals surface area contributed by atoms with E-state index in [0.717, 1.165) is 0 Å². The van der Waals surface area contributed by atoms with Gasteiger partial charge in [-0.3, -0.25) is 4.79 Å². The number of hydrogen-bond acceptors (Lipinski definition) is 4. The van der Waals surface area contributed by atoms with Gasteiger partial charge in [-0.2, -0.15) is 0 Å². The number of carbonyl (C=O) groups is 1. The molecule has 0 saturated carbocycles. The predicted molar refractivity (Wildman–Crippen MR) is 34.3 cm³/mol. The van der Waals surface area contributed by atoms with E-state index in [-0.39, 0.29) is 5.88 Å². The molecule has 0 fully saturated rings. The second kappa shape index (κ2) is 2.43. The van der Waals surface area contributed by atoms with Gasteiger partial charge in [-0.1, -0.05) is 0 Å². The maximum Gasteiger partial charge on any atom is 0.261 e. The minimum absolute atomic E-state index is 0.0559. The zero-order valence-corrected chi connectivity index (χ0v) is 5.33. The molecule has 1 aromatic rings. The van der Waals surface area contributed by atoms with E-state index < -0.39 is 0 Å². The van der Waals surface area contributed by atoms with Crippen LogP contribution in [0.3, 0.4) is 0 Å². The second-order valence-corrected chi connectivity index (χ2v) is 1.81. The molecule has 0 unspecified atom stereocenters. The summed E-state index contributed by atoms with van der Waals surface area (Å²) in [5.74, 6) is 0.365. The van der Waals surface area contributed by atoms with E-state index in [2.05, 4.69) is 5.18 Å². The van der Waals surface area contributed by atoms with Crippen LogP contribution in [0.2, 0.25) is 0 Å². The van der Waals surface area contributed by atoms with Crippen LogP contribution in [-0.4, -0.2) is 6.29 Å². The largest absolute Gasteiger partial charge is 0.440 e. The average molecular weight is 139 g/mol. The van der Waals surface area contributed by atoms with Gasteiger partial charge in [-0.15, -0.1) is 4.91 Å². The normalized spacial score (nSPS) is 9.30. The molecule has 0 amide bonds. The van der Waals surface area contributed by atoms with Crippen LogP contribution in [0.15, 0.2) is 15.7 Å². The first-order chi connectivity index (χ1) is 4.77. The van der Waals surface area contributed by atoms with Crippen molar-refractivity contribution in [2.75, 3.05) is 0 Å². The van der Waals surface area contributed by atoms with E-state index in [1.165, 1.54) is 6.07 Å². The van der Waals surface area contributed by atoms with E-state index in [1.54, 1.807) is 6.92 Å². The SMILES string of the molecule is Cc1oc(N=O)cc1C=O. The molecule has 0 aromatic carbocycles. The van der Waals surface area contributed by atoms with Gasteiger partial charge >= 0.3 is 0 Å². The van der Waals surface area contributed by atoms with Crippen LogP contribution in [0, 0.1) is 11.8 Å². The van der Waals surface area contributed by atoms with Crippen molar-refractivity contribution in [3.8, 4) is 0 Å². The average Bonchev–Trinajstić information content (AvgIpc) is 2.30. The molecular formula is C6H5NO3. The number of carbonyl (C=O) groups excluding carboxylic acids is 1.